The third kappa shape index (κ3) is 3.88. The Balaban J connectivity index is 0.00000220. The molecule has 0 radical (unpaired) electrons. The fraction of sp³-hybridized carbons (Fsp3) is 0.500. The van der Waals surface area contributed by atoms with Crippen LogP contribution in [0.25, 0.3) is 11.0 Å². The normalized spacial score (nSPS) is 10.0. The van der Waals surface area contributed by atoms with E-state index in [4.69, 9.17) is 0 Å². The molecule has 0 saturated heterocycles. The summed E-state index contributed by atoms with van der Waals surface area (Å²) < 4.78 is 1.72. The Morgan fingerprint density at radius 3 is 2.59 bits per heavy atom. The standard InChI is InChI=1S/C14H21N5O.2ClH/c1-9-8-11(14(20)18(4)7-6-15-3)12-10(2)17-19(5)13(12)16-9;;/h8,15H,6-7H2,1-5H3;2*1H. The lowest BCUT2D eigenvalue weighted by Gasteiger charge is -2.17. The van der Waals surface area contributed by atoms with Crippen molar-refractivity contribution >= 4 is 41.8 Å². The minimum atomic E-state index is 0. The van der Waals surface area contributed by atoms with Crippen LogP contribution in [0.2, 0.25) is 0 Å². The number of nitrogens with zero attached hydrogens (tertiary/aromatic N) is 4. The monoisotopic (exact) mass is 347 g/mol. The highest BCUT2D eigenvalue weighted by atomic mass is 35.5. The first kappa shape index (κ1) is 20.6. The third-order valence-corrected chi connectivity index (χ3v) is 3.37. The van der Waals surface area contributed by atoms with Gasteiger partial charge in [0.1, 0.15) is 0 Å². The van der Waals surface area contributed by atoms with Gasteiger partial charge in [-0.3, -0.25) is 9.48 Å². The van der Waals surface area contributed by atoms with Crippen LogP contribution < -0.4 is 5.32 Å². The van der Waals surface area contributed by atoms with E-state index in [0.29, 0.717) is 12.1 Å². The van der Waals surface area contributed by atoms with Crippen molar-refractivity contribution in [3.8, 4) is 0 Å². The molecule has 0 fully saturated rings. The number of fused-ring (bicyclic) bond motifs is 1. The zero-order valence-electron chi connectivity index (χ0n) is 13.5. The molecule has 0 atom stereocenters. The molecule has 0 aliphatic carbocycles. The van der Waals surface area contributed by atoms with E-state index in [2.05, 4.69) is 15.4 Å². The number of amides is 1. The molecule has 0 bridgehead atoms. The molecule has 22 heavy (non-hydrogen) atoms. The number of aromatic nitrogens is 3. The Labute approximate surface area is 143 Å². The summed E-state index contributed by atoms with van der Waals surface area (Å²) in [5.74, 6) is 0.00634. The van der Waals surface area contributed by atoms with Crippen molar-refractivity contribution in [3.63, 3.8) is 0 Å². The molecular weight excluding hydrogens is 325 g/mol. The van der Waals surface area contributed by atoms with E-state index >= 15 is 0 Å². The lowest BCUT2D eigenvalue weighted by Crippen LogP contribution is -2.33. The maximum Gasteiger partial charge on any atom is 0.254 e. The van der Waals surface area contributed by atoms with Gasteiger partial charge in [0.15, 0.2) is 5.65 Å². The third-order valence-electron chi connectivity index (χ3n) is 3.37. The molecule has 124 valence electrons. The number of rotatable bonds is 4. The van der Waals surface area contributed by atoms with E-state index in [-0.39, 0.29) is 30.7 Å². The predicted molar refractivity (Wildman–Crippen MR) is 93.4 cm³/mol. The number of hydrogen-bond acceptors (Lipinski definition) is 4. The van der Waals surface area contributed by atoms with Gasteiger partial charge in [-0.1, -0.05) is 0 Å². The van der Waals surface area contributed by atoms with Gasteiger partial charge in [-0.25, -0.2) is 4.98 Å². The summed E-state index contributed by atoms with van der Waals surface area (Å²) in [5, 5.41) is 8.26. The first-order valence-corrected chi connectivity index (χ1v) is 6.66. The number of nitrogens with one attached hydrogen (secondary N) is 1. The summed E-state index contributed by atoms with van der Waals surface area (Å²) in [6.07, 6.45) is 0. The van der Waals surface area contributed by atoms with E-state index in [1.165, 1.54) is 0 Å². The first-order valence-electron chi connectivity index (χ1n) is 6.66. The number of pyridine rings is 1. The molecule has 6 nitrogen and oxygen atoms in total. The Bertz CT molecular complexity index is 656. The second-order valence-corrected chi connectivity index (χ2v) is 5.05. The van der Waals surface area contributed by atoms with Gasteiger partial charge in [-0.2, -0.15) is 5.10 Å². The van der Waals surface area contributed by atoms with Crippen LogP contribution in [-0.2, 0) is 7.05 Å². The quantitative estimate of drug-likeness (QED) is 0.914. The summed E-state index contributed by atoms with van der Waals surface area (Å²) in [4.78, 5) is 18.8. The van der Waals surface area contributed by atoms with Gasteiger partial charge >= 0.3 is 0 Å². The second kappa shape index (κ2) is 8.31. The molecule has 0 aliphatic rings. The van der Waals surface area contributed by atoms with Gasteiger partial charge < -0.3 is 10.2 Å². The largest absolute Gasteiger partial charge is 0.340 e. The average Bonchev–Trinajstić information content (AvgIpc) is 2.69. The molecule has 1 N–H and O–H groups in total. The molecule has 1 amide bonds. The predicted octanol–water partition coefficient (Wildman–Crippen LogP) is 1.72. The number of likely N-dealkylation sites (N-methyl/N-ethyl adjacent to an activating group) is 2. The van der Waals surface area contributed by atoms with Crippen LogP contribution in [0.4, 0.5) is 0 Å². The number of aryl methyl sites for hydroxylation is 3. The smallest absolute Gasteiger partial charge is 0.254 e. The van der Waals surface area contributed by atoms with Crippen molar-refractivity contribution in [2.24, 2.45) is 7.05 Å². The summed E-state index contributed by atoms with van der Waals surface area (Å²) in [5.41, 5.74) is 3.09. The first-order chi connectivity index (χ1) is 9.45. The molecule has 2 aromatic heterocycles. The Hall–Kier alpha value is -1.37. The van der Waals surface area contributed by atoms with Crippen molar-refractivity contribution in [1.82, 2.24) is 25.0 Å². The van der Waals surface area contributed by atoms with Crippen LogP contribution >= 0.6 is 24.8 Å². The Kier molecular flexibility index (Phi) is 7.79. The second-order valence-electron chi connectivity index (χ2n) is 5.05. The number of carbonyl (C=O) groups is 1. The SMILES string of the molecule is CNCCN(C)C(=O)c1cc(C)nc2c1c(C)nn2C.Cl.Cl. The maximum absolute atomic E-state index is 12.6. The summed E-state index contributed by atoms with van der Waals surface area (Å²) in [6, 6.07) is 1.84. The van der Waals surface area contributed by atoms with Crippen molar-refractivity contribution in [1.29, 1.82) is 0 Å². The van der Waals surface area contributed by atoms with Crippen LogP contribution in [0.3, 0.4) is 0 Å². The number of hydrogen-bond donors (Lipinski definition) is 1. The fourth-order valence-electron chi connectivity index (χ4n) is 2.33. The van der Waals surface area contributed by atoms with E-state index in [1.54, 1.807) is 9.58 Å². The minimum Gasteiger partial charge on any atom is -0.340 e. The highest BCUT2D eigenvalue weighted by Crippen LogP contribution is 2.22. The molecule has 0 spiro atoms. The molecule has 0 aromatic carbocycles. The topological polar surface area (TPSA) is 63.1 Å². The number of carbonyl (C=O) groups excluding carboxylic acids is 1. The van der Waals surface area contributed by atoms with Gasteiger partial charge in [0.2, 0.25) is 0 Å². The summed E-state index contributed by atoms with van der Waals surface area (Å²) in [7, 11) is 5.53. The molecule has 0 unspecified atom stereocenters. The molecule has 2 aromatic rings. The summed E-state index contributed by atoms with van der Waals surface area (Å²) >= 11 is 0. The van der Waals surface area contributed by atoms with E-state index in [0.717, 1.165) is 29.0 Å². The molecule has 0 aliphatic heterocycles. The van der Waals surface area contributed by atoms with Gasteiger partial charge in [0.25, 0.3) is 5.91 Å². The molecular formula is C14H23Cl2N5O. The van der Waals surface area contributed by atoms with Crippen molar-refractivity contribution < 1.29 is 4.79 Å². The molecule has 2 heterocycles. The Morgan fingerprint density at radius 2 is 2.00 bits per heavy atom. The van der Waals surface area contributed by atoms with Crippen LogP contribution in [-0.4, -0.2) is 52.8 Å². The van der Waals surface area contributed by atoms with Crippen molar-refractivity contribution in [3.05, 3.63) is 23.0 Å². The maximum atomic E-state index is 12.6. The van der Waals surface area contributed by atoms with Crippen LogP contribution in [0.1, 0.15) is 21.7 Å². The summed E-state index contributed by atoms with van der Waals surface area (Å²) in [6.45, 7) is 5.23. The average molecular weight is 348 g/mol. The van der Waals surface area contributed by atoms with Gasteiger partial charge in [0.05, 0.1) is 16.6 Å². The molecule has 2 rings (SSSR count). The van der Waals surface area contributed by atoms with Gasteiger partial charge in [-0.05, 0) is 27.0 Å². The zero-order valence-corrected chi connectivity index (χ0v) is 15.1. The molecule has 8 heteroatoms. The van der Waals surface area contributed by atoms with Gasteiger partial charge in [-0.15, -0.1) is 24.8 Å². The van der Waals surface area contributed by atoms with Gasteiger partial charge in [0, 0.05) is 32.9 Å². The Morgan fingerprint density at radius 1 is 1.36 bits per heavy atom. The van der Waals surface area contributed by atoms with Crippen LogP contribution in [0.15, 0.2) is 6.07 Å². The van der Waals surface area contributed by atoms with Crippen LogP contribution in [0, 0.1) is 13.8 Å². The zero-order chi connectivity index (χ0) is 14.9. The highest BCUT2D eigenvalue weighted by Gasteiger charge is 2.20. The fourth-order valence-corrected chi connectivity index (χ4v) is 2.33. The van der Waals surface area contributed by atoms with E-state index < -0.39 is 0 Å². The van der Waals surface area contributed by atoms with E-state index in [1.807, 2.05) is 41.1 Å². The van der Waals surface area contributed by atoms with E-state index in [9.17, 15) is 4.79 Å². The lowest BCUT2D eigenvalue weighted by atomic mass is 10.1. The lowest BCUT2D eigenvalue weighted by molar-refractivity contribution is 0.0798. The molecule has 0 saturated carbocycles. The van der Waals surface area contributed by atoms with Crippen molar-refractivity contribution in [2.45, 2.75) is 13.8 Å². The highest BCUT2D eigenvalue weighted by molar-refractivity contribution is 6.06. The number of halogens is 2. The minimum absolute atomic E-state index is 0. The van der Waals surface area contributed by atoms with Crippen LogP contribution in [0.5, 0.6) is 0 Å². The van der Waals surface area contributed by atoms with Crippen molar-refractivity contribution in [2.75, 3.05) is 27.2 Å².